The van der Waals surface area contributed by atoms with E-state index in [1.807, 2.05) is 23.9 Å². The molecule has 1 N–H and O–H groups in total. The smallest absolute Gasteiger partial charge is 0.136 e. The van der Waals surface area contributed by atoms with Crippen LogP contribution in [0.1, 0.15) is 0 Å². The van der Waals surface area contributed by atoms with Gasteiger partial charge in [0.25, 0.3) is 0 Å². The Hall–Kier alpha value is -0.870. The van der Waals surface area contributed by atoms with E-state index in [1.165, 1.54) is 4.90 Å². The maximum absolute atomic E-state index is 5.36. The van der Waals surface area contributed by atoms with Crippen molar-refractivity contribution < 1.29 is 9.47 Å². The number of rotatable bonds is 5. The van der Waals surface area contributed by atoms with E-state index in [0.717, 1.165) is 36.3 Å². The van der Waals surface area contributed by atoms with Gasteiger partial charge >= 0.3 is 0 Å². The largest absolute Gasteiger partial charge is 0.497 e. The molecule has 0 bridgehead atoms. The molecule has 2 rings (SSSR count). The predicted octanol–water partition coefficient (Wildman–Crippen LogP) is 2.02. The van der Waals surface area contributed by atoms with Gasteiger partial charge in [-0.2, -0.15) is 0 Å². The molecular weight excluding hydrogens is 222 g/mol. The third-order valence-corrected chi connectivity index (χ3v) is 4.00. The lowest BCUT2D eigenvalue weighted by molar-refractivity contribution is 0.382. The summed E-state index contributed by atoms with van der Waals surface area (Å²) in [6.07, 6.45) is 0. The first-order valence-corrected chi connectivity index (χ1v) is 6.37. The Morgan fingerprint density at radius 2 is 2.12 bits per heavy atom. The Kier molecular flexibility index (Phi) is 3.96. The van der Waals surface area contributed by atoms with Crippen molar-refractivity contribution in [3.05, 3.63) is 18.2 Å². The van der Waals surface area contributed by atoms with Crippen molar-refractivity contribution in [1.82, 2.24) is 5.32 Å². The van der Waals surface area contributed by atoms with Crippen LogP contribution in [0.3, 0.4) is 0 Å². The molecule has 1 aromatic carbocycles. The molecule has 0 saturated carbocycles. The highest BCUT2D eigenvalue weighted by molar-refractivity contribution is 7.99. The molecule has 0 aliphatic carbocycles. The topological polar surface area (TPSA) is 30.5 Å². The van der Waals surface area contributed by atoms with E-state index in [9.17, 15) is 0 Å². The Labute approximate surface area is 101 Å². The van der Waals surface area contributed by atoms with Crippen LogP contribution >= 0.6 is 11.8 Å². The number of methoxy groups -OCH3 is 2. The van der Waals surface area contributed by atoms with E-state index in [4.69, 9.17) is 9.47 Å². The molecule has 1 aromatic rings. The molecular formula is C12H17NO2S. The maximum atomic E-state index is 5.36. The lowest BCUT2D eigenvalue weighted by Gasteiger charge is -2.26. The van der Waals surface area contributed by atoms with Gasteiger partial charge in [0.05, 0.1) is 14.2 Å². The summed E-state index contributed by atoms with van der Waals surface area (Å²) < 4.78 is 10.5. The van der Waals surface area contributed by atoms with E-state index in [0.29, 0.717) is 0 Å². The summed E-state index contributed by atoms with van der Waals surface area (Å²) in [5.74, 6) is 3.69. The van der Waals surface area contributed by atoms with Crippen molar-refractivity contribution >= 4 is 11.8 Å². The van der Waals surface area contributed by atoms with Gasteiger partial charge in [-0.25, -0.2) is 0 Å². The lowest BCUT2D eigenvalue weighted by Crippen LogP contribution is -2.43. The number of benzene rings is 1. The van der Waals surface area contributed by atoms with Gasteiger partial charge in [0, 0.05) is 16.7 Å². The summed E-state index contributed by atoms with van der Waals surface area (Å²) in [6, 6.07) is 5.97. The monoisotopic (exact) mass is 239 g/mol. The first-order valence-electron chi connectivity index (χ1n) is 5.39. The molecule has 0 atom stereocenters. The fourth-order valence-corrected chi connectivity index (χ4v) is 2.67. The average molecular weight is 239 g/mol. The van der Waals surface area contributed by atoms with Crippen molar-refractivity contribution in [2.24, 2.45) is 5.92 Å². The highest BCUT2D eigenvalue weighted by Gasteiger charge is 2.17. The van der Waals surface area contributed by atoms with Crippen LogP contribution in [0.15, 0.2) is 23.1 Å². The zero-order chi connectivity index (χ0) is 11.4. The van der Waals surface area contributed by atoms with Gasteiger partial charge in [-0.15, -0.1) is 11.8 Å². The van der Waals surface area contributed by atoms with E-state index in [2.05, 4.69) is 11.4 Å². The molecule has 1 saturated heterocycles. The van der Waals surface area contributed by atoms with Gasteiger partial charge in [0.15, 0.2) is 0 Å². The number of thioether (sulfide) groups is 1. The maximum Gasteiger partial charge on any atom is 0.136 e. The van der Waals surface area contributed by atoms with Gasteiger partial charge < -0.3 is 14.8 Å². The van der Waals surface area contributed by atoms with Crippen molar-refractivity contribution in [3.63, 3.8) is 0 Å². The molecule has 88 valence electrons. The van der Waals surface area contributed by atoms with Crippen LogP contribution in [0, 0.1) is 5.92 Å². The Morgan fingerprint density at radius 3 is 2.69 bits per heavy atom. The molecule has 0 amide bonds. The number of hydrogen-bond acceptors (Lipinski definition) is 4. The fraction of sp³-hybridized carbons (Fsp3) is 0.500. The zero-order valence-corrected chi connectivity index (χ0v) is 10.5. The van der Waals surface area contributed by atoms with E-state index < -0.39 is 0 Å². The number of ether oxygens (including phenoxy) is 2. The molecule has 0 unspecified atom stereocenters. The molecule has 1 aliphatic heterocycles. The van der Waals surface area contributed by atoms with Crippen molar-refractivity contribution in [2.45, 2.75) is 4.90 Å². The molecule has 0 aromatic heterocycles. The molecule has 3 nitrogen and oxygen atoms in total. The second-order valence-corrected chi connectivity index (χ2v) is 4.91. The SMILES string of the molecule is COc1ccc(SCC2CNC2)c(OC)c1. The Bertz CT molecular complexity index is 353. The standard InChI is InChI=1S/C12H17NO2S/c1-14-10-3-4-12(11(5-10)15-2)16-8-9-6-13-7-9/h3-5,9,13H,6-8H2,1-2H3. The summed E-state index contributed by atoms with van der Waals surface area (Å²) >= 11 is 1.85. The fourth-order valence-electron chi connectivity index (χ4n) is 1.57. The minimum Gasteiger partial charge on any atom is -0.497 e. The summed E-state index contributed by atoms with van der Waals surface area (Å²) in [7, 11) is 3.37. The summed E-state index contributed by atoms with van der Waals surface area (Å²) in [6.45, 7) is 2.29. The minimum absolute atomic E-state index is 0.803. The molecule has 4 heteroatoms. The lowest BCUT2D eigenvalue weighted by atomic mass is 10.1. The predicted molar refractivity (Wildman–Crippen MR) is 66.6 cm³/mol. The second kappa shape index (κ2) is 5.46. The zero-order valence-electron chi connectivity index (χ0n) is 9.66. The minimum atomic E-state index is 0.803. The van der Waals surface area contributed by atoms with Gasteiger partial charge in [0.2, 0.25) is 0 Å². The molecule has 1 aliphatic rings. The van der Waals surface area contributed by atoms with E-state index in [1.54, 1.807) is 14.2 Å². The first kappa shape index (κ1) is 11.6. The molecule has 16 heavy (non-hydrogen) atoms. The van der Waals surface area contributed by atoms with Crippen LogP contribution in [0.2, 0.25) is 0 Å². The number of nitrogens with one attached hydrogen (secondary N) is 1. The third kappa shape index (κ3) is 2.62. The Balaban J connectivity index is 2.00. The van der Waals surface area contributed by atoms with Crippen LogP contribution in [0.5, 0.6) is 11.5 Å². The van der Waals surface area contributed by atoms with Crippen LogP contribution in [0.4, 0.5) is 0 Å². The molecule has 1 fully saturated rings. The average Bonchev–Trinajstić information content (AvgIpc) is 2.27. The van der Waals surface area contributed by atoms with Crippen molar-refractivity contribution in [3.8, 4) is 11.5 Å². The van der Waals surface area contributed by atoms with Gasteiger partial charge in [-0.1, -0.05) is 0 Å². The van der Waals surface area contributed by atoms with Gasteiger partial charge in [-0.05, 0) is 31.1 Å². The van der Waals surface area contributed by atoms with E-state index >= 15 is 0 Å². The highest BCUT2D eigenvalue weighted by atomic mass is 32.2. The van der Waals surface area contributed by atoms with Crippen LogP contribution in [-0.4, -0.2) is 33.1 Å². The van der Waals surface area contributed by atoms with Crippen LogP contribution in [-0.2, 0) is 0 Å². The summed E-state index contributed by atoms with van der Waals surface area (Å²) in [5, 5.41) is 3.28. The van der Waals surface area contributed by atoms with E-state index in [-0.39, 0.29) is 0 Å². The Morgan fingerprint density at radius 1 is 1.31 bits per heavy atom. The third-order valence-electron chi connectivity index (χ3n) is 2.71. The van der Waals surface area contributed by atoms with Crippen molar-refractivity contribution in [1.29, 1.82) is 0 Å². The molecule has 0 spiro atoms. The first-order chi connectivity index (χ1) is 7.83. The van der Waals surface area contributed by atoms with Crippen molar-refractivity contribution in [2.75, 3.05) is 33.1 Å². The molecule has 1 heterocycles. The molecule has 0 radical (unpaired) electrons. The van der Waals surface area contributed by atoms with Gasteiger partial charge in [-0.3, -0.25) is 0 Å². The van der Waals surface area contributed by atoms with Crippen LogP contribution in [0.25, 0.3) is 0 Å². The quantitative estimate of drug-likeness (QED) is 0.796. The second-order valence-electron chi connectivity index (χ2n) is 3.85. The number of hydrogen-bond donors (Lipinski definition) is 1. The van der Waals surface area contributed by atoms with Crippen LogP contribution < -0.4 is 14.8 Å². The highest BCUT2D eigenvalue weighted by Crippen LogP contribution is 2.33. The summed E-state index contributed by atoms with van der Waals surface area (Å²) in [5.41, 5.74) is 0. The normalized spacial score (nSPS) is 15.6. The summed E-state index contributed by atoms with van der Waals surface area (Å²) in [4.78, 5) is 1.19. The van der Waals surface area contributed by atoms with Gasteiger partial charge in [0.1, 0.15) is 11.5 Å².